The lowest BCUT2D eigenvalue weighted by Gasteiger charge is -2.21. The summed E-state index contributed by atoms with van der Waals surface area (Å²) in [5.74, 6) is -0.452. The molecule has 0 saturated carbocycles. The molecule has 5 heteroatoms. The second-order valence-corrected chi connectivity index (χ2v) is 6.33. The summed E-state index contributed by atoms with van der Waals surface area (Å²) >= 11 is 0. The van der Waals surface area contributed by atoms with E-state index in [2.05, 4.69) is 40.4 Å². The standard InChI is InChI=1S/C20H25N3O2/c1-14(2)19(22-15(3)24)20(25)23-21-13-16-9-11-18(12-10-16)17-7-5-4-6-8-17/h4-12,14,19,21H,13H2,1-3H3,(H,22,24)(H,23,25)/t19-/m0/s1. The number of hydrazine groups is 1. The van der Waals surface area contributed by atoms with E-state index < -0.39 is 6.04 Å². The van der Waals surface area contributed by atoms with Crippen molar-refractivity contribution in [3.63, 3.8) is 0 Å². The Kier molecular flexibility index (Phi) is 6.71. The van der Waals surface area contributed by atoms with Crippen molar-refractivity contribution < 1.29 is 9.59 Å². The molecule has 0 fully saturated rings. The fourth-order valence-corrected chi connectivity index (χ4v) is 2.51. The third kappa shape index (κ3) is 5.72. The molecule has 0 bridgehead atoms. The smallest absolute Gasteiger partial charge is 0.256 e. The first-order chi connectivity index (χ1) is 12.0. The highest BCUT2D eigenvalue weighted by atomic mass is 16.2. The number of carbonyl (C=O) groups is 2. The molecule has 0 heterocycles. The van der Waals surface area contributed by atoms with Gasteiger partial charge in [0.25, 0.3) is 5.91 Å². The molecule has 25 heavy (non-hydrogen) atoms. The molecule has 0 aromatic heterocycles. The van der Waals surface area contributed by atoms with Crippen LogP contribution in [0.5, 0.6) is 0 Å². The lowest BCUT2D eigenvalue weighted by Crippen LogP contribution is -2.52. The molecular weight excluding hydrogens is 314 g/mol. The van der Waals surface area contributed by atoms with E-state index in [9.17, 15) is 9.59 Å². The van der Waals surface area contributed by atoms with Gasteiger partial charge in [0, 0.05) is 13.5 Å². The van der Waals surface area contributed by atoms with Crippen LogP contribution in [0.2, 0.25) is 0 Å². The lowest BCUT2D eigenvalue weighted by molar-refractivity contribution is -0.129. The number of amides is 2. The maximum absolute atomic E-state index is 12.2. The Morgan fingerprint density at radius 2 is 1.52 bits per heavy atom. The van der Waals surface area contributed by atoms with Gasteiger partial charge in [0.1, 0.15) is 6.04 Å². The molecule has 0 spiro atoms. The van der Waals surface area contributed by atoms with Crippen molar-refractivity contribution in [2.75, 3.05) is 0 Å². The zero-order valence-corrected chi connectivity index (χ0v) is 14.9. The first kappa shape index (κ1) is 18.7. The zero-order valence-electron chi connectivity index (χ0n) is 14.9. The Bertz CT molecular complexity index is 697. The van der Waals surface area contributed by atoms with E-state index in [4.69, 9.17) is 0 Å². The highest BCUT2D eigenvalue weighted by Crippen LogP contribution is 2.19. The van der Waals surface area contributed by atoms with E-state index in [1.807, 2.05) is 44.2 Å². The first-order valence-electron chi connectivity index (χ1n) is 8.41. The van der Waals surface area contributed by atoms with Gasteiger partial charge in [-0.25, -0.2) is 5.43 Å². The van der Waals surface area contributed by atoms with E-state index in [1.54, 1.807) is 0 Å². The summed E-state index contributed by atoms with van der Waals surface area (Å²) in [4.78, 5) is 23.4. The fraction of sp³-hybridized carbons (Fsp3) is 0.300. The van der Waals surface area contributed by atoms with E-state index in [0.717, 1.165) is 11.1 Å². The molecular formula is C20H25N3O2. The minimum absolute atomic E-state index is 0.0101. The Morgan fingerprint density at radius 1 is 0.920 bits per heavy atom. The quantitative estimate of drug-likeness (QED) is 0.679. The third-order valence-electron chi connectivity index (χ3n) is 3.87. The Labute approximate surface area is 148 Å². The van der Waals surface area contributed by atoms with Gasteiger partial charge in [-0.15, -0.1) is 0 Å². The monoisotopic (exact) mass is 339 g/mol. The van der Waals surface area contributed by atoms with Crippen molar-refractivity contribution in [3.05, 3.63) is 60.2 Å². The van der Waals surface area contributed by atoms with Crippen molar-refractivity contribution in [3.8, 4) is 11.1 Å². The summed E-state index contributed by atoms with van der Waals surface area (Å²) in [5, 5.41) is 2.66. The topological polar surface area (TPSA) is 70.2 Å². The van der Waals surface area contributed by atoms with Crippen LogP contribution in [0.4, 0.5) is 0 Å². The molecule has 5 nitrogen and oxygen atoms in total. The van der Waals surface area contributed by atoms with Crippen LogP contribution < -0.4 is 16.2 Å². The number of hydrogen-bond donors (Lipinski definition) is 3. The van der Waals surface area contributed by atoms with Crippen molar-refractivity contribution >= 4 is 11.8 Å². The van der Waals surface area contributed by atoms with Crippen LogP contribution in [0, 0.1) is 5.92 Å². The van der Waals surface area contributed by atoms with Crippen molar-refractivity contribution in [1.29, 1.82) is 0 Å². The van der Waals surface area contributed by atoms with Gasteiger partial charge in [0.2, 0.25) is 5.91 Å². The highest BCUT2D eigenvalue weighted by Gasteiger charge is 2.22. The summed E-state index contributed by atoms with van der Waals surface area (Å²) in [6.45, 7) is 5.70. The molecule has 0 radical (unpaired) electrons. The van der Waals surface area contributed by atoms with E-state index >= 15 is 0 Å². The third-order valence-corrected chi connectivity index (χ3v) is 3.87. The molecule has 0 unspecified atom stereocenters. The number of rotatable bonds is 7. The highest BCUT2D eigenvalue weighted by molar-refractivity contribution is 5.86. The van der Waals surface area contributed by atoms with Crippen LogP contribution in [-0.2, 0) is 16.1 Å². The molecule has 0 aliphatic rings. The van der Waals surface area contributed by atoms with Gasteiger partial charge >= 0.3 is 0 Å². The van der Waals surface area contributed by atoms with E-state index in [-0.39, 0.29) is 17.7 Å². The summed E-state index contributed by atoms with van der Waals surface area (Å²) < 4.78 is 0. The summed E-state index contributed by atoms with van der Waals surface area (Å²) in [5.41, 5.74) is 8.96. The average molecular weight is 339 g/mol. The van der Waals surface area contributed by atoms with Gasteiger partial charge in [0.15, 0.2) is 0 Å². The molecule has 1 atom stereocenters. The second-order valence-electron chi connectivity index (χ2n) is 6.33. The van der Waals surface area contributed by atoms with Crippen LogP contribution in [-0.4, -0.2) is 17.9 Å². The summed E-state index contributed by atoms with van der Waals surface area (Å²) in [6, 6.07) is 17.8. The van der Waals surface area contributed by atoms with Crippen molar-refractivity contribution in [2.45, 2.75) is 33.4 Å². The number of benzene rings is 2. The maximum atomic E-state index is 12.2. The fourth-order valence-electron chi connectivity index (χ4n) is 2.51. The molecule has 132 valence electrons. The molecule has 0 saturated heterocycles. The van der Waals surface area contributed by atoms with Gasteiger partial charge < -0.3 is 5.32 Å². The summed E-state index contributed by atoms with van der Waals surface area (Å²) in [7, 11) is 0. The second kappa shape index (κ2) is 8.99. The van der Waals surface area contributed by atoms with Gasteiger partial charge in [-0.3, -0.25) is 15.0 Å². The normalized spacial score (nSPS) is 11.8. The van der Waals surface area contributed by atoms with Gasteiger partial charge in [-0.05, 0) is 22.6 Å². The van der Waals surface area contributed by atoms with Crippen molar-refractivity contribution in [2.24, 2.45) is 5.92 Å². The Hall–Kier alpha value is -2.66. The van der Waals surface area contributed by atoms with E-state index in [0.29, 0.717) is 6.54 Å². The lowest BCUT2D eigenvalue weighted by atomic mass is 10.0. The maximum Gasteiger partial charge on any atom is 0.256 e. The molecule has 0 aliphatic heterocycles. The average Bonchev–Trinajstić information content (AvgIpc) is 2.60. The number of hydrogen-bond acceptors (Lipinski definition) is 3. The molecule has 2 amide bonds. The van der Waals surface area contributed by atoms with Crippen LogP contribution in [0.25, 0.3) is 11.1 Å². The molecule has 2 aromatic carbocycles. The molecule has 0 aliphatic carbocycles. The molecule has 2 aromatic rings. The van der Waals surface area contributed by atoms with Crippen LogP contribution >= 0.6 is 0 Å². The van der Waals surface area contributed by atoms with Crippen LogP contribution in [0.3, 0.4) is 0 Å². The predicted molar refractivity (Wildman–Crippen MR) is 99.3 cm³/mol. The molecule has 2 rings (SSSR count). The number of nitrogens with one attached hydrogen (secondary N) is 3. The van der Waals surface area contributed by atoms with Gasteiger partial charge in [-0.2, -0.15) is 0 Å². The van der Waals surface area contributed by atoms with Gasteiger partial charge in [-0.1, -0.05) is 68.4 Å². The van der Waals surface area contributed by atoms with E-state index in [1.165, 1.54) is 12.5 Å². The predicted octanol–water partition coefficient (Wildman–Crippen LogP) is 2.64. The van der Waals surface area contributed by atoms with Gasteiger partial charge in [0.05, 0.1) is 0 Å². The van der Waals surface area contributed by atoms with Crippen LogP contribution in [0.1, 0.15) is 26.3 Å². The Morgan fingerprint density at radius 3 is 2.08 bits per heavy atom. The molecule has 3 N–H and O–H groups in total. The van der Waals surface area contributed by atoms with Crippen LogP contribution in [0.15, 0.2) is 54.6 Å². The number of carbonyl (C=O) groups excluding carboxylic acids is 2. The SMILES string of the molecule is CC(=O)N[C@H](C(=O)NNCc1ccc(-c2ccccc2)cc1)C(C)C. The summed E-state index contributed by atoms with van der Waals surface area (Å²) in [6.07, 6.45) is 0. The van der Waals surface area contributed by atoms with Crippen molar-refractivity contribution in [1.82, 2.24) is 16.2 Å². The minimum Gasteiger partial charge on any atom is -0.344 e. The zero-order chi connectivity index (χ0) is 18.2. The largest absolute Gasteiger partial charge is 0.344 e. The minimum atomic E-state index is -0.551. The Balaban J connectivity index is 1.87. The first-order valence-corrected chi connectivity index (χ1v) is 8.41.